The first-order valence-corrected chi connectivity index (χ1v) is 14.1. The number of hydrogen-bond donors (Lipinski definition) is 1. The summed E-state index contributed by atoms with van der Waals surface area (Å²) >= 11 is 6.29. The monoisotopic (exact) mass is 605 g/mol. The van der Waals surface area contributed by atoms with E-state index in [-0.39, 0.29) is 52.3 Å². The highest BCUT2D eigenvalue weighted by Crippen LogP contribution is 2.36. The highest BCUT2D eigenvalue weighted by molar-refractivity contribution is 7.89. The molecule has 11 nitrogen and oxygen atoms in total. The second kappa shape index (κ2) is 10.8. The van der Waals surface area contributed by atoms with Crippen LogP contribution >= 0.6 is 11.6 Å². The fourth-order valence-electron chi connectivity index (χ4n) is 4.60. The SMILES string of the molecule is C[C@@H]1CN(S(=O)(=O)c2cn(C)cn2)CC[C@@H]1Nc1ncc(C(F)(F)F)c(-c2cn(-c3cccc(C#N)c3Cl)cn2)n1. The van der Waals surface area contributed by atoms with Gasteiger partial charge in [0.15, 0.2) is 5.03 Å². The van der Waals surface area contributed by atoms with Crippen LogP contribution in [-0.4, -0.2) is 60.9 Å². The zero-order valence-electron chi connectivity index (χ0n) is 21.7. The molecule has 1 fully saturated rings. The Balaban J connectivity index is 1.40. The molecule has 214 valence electrons. The normalized spacial score (nSPS) is 18.3. The summed E-state index contributed by atoms with van der Waals surface area (Å²) in [6, 6.07) is 6.38. The lowest BCUT2D eigenvalue weighted by atomic mass is 9.95. The first kappa shape index (κ1) is 28.5. The maximum absolute atomic E-state index is 13.9. The Bertz CT molecular complexity index is 1750. The summed E-state index contributed by atoms with van der Waals surface area (Å²) in [6.07, 6.45) is 1.77. The summed E-state index contributed by atoms with van der Waals surface area (Å²) in [5.74, 6) is -0.268. The molecular formula is C25H23ClF3N9O2S. The van der Waals surface area contributed by atoms with Crippen molar-refractivity contribution in [2.75, 3.05) is 18.4 Å². The summed E-state index contributed by atoms with van der Waals surface area (Å²) in [5, 5.41) is 12.4. The molecule has 2 atom stereocenters. The molecule has 41 heavy (non-hydrogen) atoms. The molecule has 1 aliphatic heterocycles. The van der Waals surface area contributed by atoms with Gasteiger partial charge in [-0.05, 0) is 24.5 Å². The van der Waals surface area contributed by atoms with Crippen molar-refractivity contribution in [2.45, 2.75) is 30.6 Å². The van der Waals surface area contributed by atoms with E-state index in [1.54, 1.807) is 23.7 Å². The van der Waals surface area contributed by atoms with Crippen LogP contribution in [0, 0.1) is 17.2 Å². The summed E-state index contributed by atoms with van der Waals surface area (Å²) in [7, 11) is -2.11. The Labute approximate surface area is 238 Å². The number of nitrogens with zero attached hydrogens (tertiary/aromatic N) is 8. The maximum Gasteiger partial charge on any atom is 0.420 e. The Kier molecular flexibility index (Phi) is 7.49. The van der Waals surface area contributed by atoms with Crippen molar-refractivity contribution in [1.29, 1.82) is 5.26 Å². The number of nitriles is 1. The molecule has 4 heterocycles. The number of alkyl halides is 3. The van der Waals surface area contributed by atoms with Gasteiger partial charge in [0.25, 0.3) is 10.0 Å². The zero-order valence-corrected chi connectivity index (χ0v) is 23.3. The predicted octanol–water partition coefficient (Wildman–Crippen LogP) is 4.12. The van der Waals surface area contributed by atoms with Gasteiger partial charge < -0.3 is 14.5 Å². The number of sulfonamides is 1. The van der Waals surface area contributed by atoms with Crippen LogP contribution in [0.25, 0.3) is 17.1 Å². The lowest BCUT2D eigenvalue weighted by Crippen LogP contribution is -2.47. The third-order valence-corrected chi connectivity index (χ3v) is 8.91. The van der Waals surface area contributed by atoms with E-state index in [0.717, 1.165) is 0 Å². The van der Waals surface area contributed by atoms with Crippen molar-refractivity contribution in [1.82, 2.24) is 33.4 Å². The molecule has 16 heteroatoms. The second-order valence-corrected chi connectivity index (χ2v) is 11.9. The average Bonchev–Trinajstić information content (AvgIpc) is 3.59. The standard InChI is InChI=1S/C25H23ClF3N9O2S/c1-15-10-38(41(39,40)21-12-36(2)13-33-21)7-6-18(15)34-24-31-9-17(25(27,28)29)23(35-24)19-11-37(14-32-19)20-5-3-4-16(8-30)22(20)26/h3-5,9,11-15,18H,6-7,10H2,1-2H3,(H,31,34,35)/t15-,18+/m1/s1. The molecule has 0 aliphatic carbocycles. The summed E-state index contributed by atoms with van der Waals surface area (Å²) in [5.41, 5.74) is -1.02. The Morgan fingerprint density at radius 1 is 1.17 bits per heavy atom. The van der Waals surface area contributed by atoms with Gasteiger partial charge >= 0.3 is 6.18 Å². The number of anilines is 1. The van der Waals surface area contributed by atoms with E-state index in [0.29, 0.717) is 18.3 Å². The topological polar surface area (TPSA) is 135 Å². The number of aryl methyl sites for hydroxylation is 1. The Morgan fingerprint density at radius 3 is 2.61 bits per heavy atom. The van der Waals surface area contributed by atoms with Crippen LogP contribution < -0.4 is 5.32 Å². The van der Waals surface area contributed by atoms with E-state index < -0.39 is 27.5 Å². The Hall–Kier alpha value is -4.00. The van der Waals surface area contributed by atoms with Crippen LogP contribution in [0.15, 0.2) is 54.5 Å². The molecule has 3 aromatic heterocycles. The summed E-state index contributed by atoms with van der Waals surface area (Å²) in [6.45, 7) is 2.20. The fraction of sp³-hybridized carbons (Fsp3) is 0.320. The third-order valence-electron chi connectivity index (χ3n) is 6.76. The van der Waals surface area contributed by atoms with Crippen LogP contribution in [0.3, 0.4) is 0 Å². The van der Waals surface area contributed by atoms with Crippen molar-refractivity contribution in [3.8, 4) is 23.1 Å². The number of benzene rings is 1. The van der Waals surface area contributed by atoms with E-state index in [1.807, 2.05) is 13.0 Å². The minimum atomic E-state index is -4.76. The Morgan fingerprint density at radius 2 is 1.95 bits per heavy atom. The number of halogens is 4. The van der Waals surface area contributed by atoms with Gasteiger partial charge in [-0.25, -0.2) is 28.4 Å². The van der Waals surface area contributed by atoms with Gasteiger partial charge in [0.2, 0.25) is 5.95 Å². The van der Waals surface area contributed by atoms with Gasteiger partial charge in [-0.15, -0.1) is 0 Å². The number of imidazole rings is 2. The molecule has 0 spiro atoms. The molecule has 0 saturated carbocycles. The second-order valence-electron chi connectivity index (χ2n) is 9.63. The van der Waals surface area contributed by atoms with Crippen LogP contribution in [-0.2, 0) is 23.2 Å². The predicted molar refractivity (Wildman–Crippen MR) is 142 cm³/mol. The van der Waals surface area contributed by atoms with Crippen LogP contribution in [0.5, 0.6) is 0 Å². The van der Waals surface area contributed by atoms with Crippen LogP contribution in [0.2, 0.25) is 5.02 Å². The van der Waals surface area contributed by atoms with Crippen molar-refractivity contribution < 1.29 is 21.6 Å². The third kappa shape index (κ3) is 5.63. The largest absolute Gasteiger partial charge is 0.420 e. The molecule has 5 rings (SSSR count). The molecule has 1 aromatic carbocycles. The first-order chi connectivity index (χ1) is 19.4. The minimum absolute atomic E-state index is 0.0469. The molecule has 1 aliphatic rings. The number of rotatable bonds is 6. The smallest absolute Gasteiger partial charge is 0.351 e. The molecule has 1 N–H and O–H groups in total. The van der Waals surface area contributed by atoms with Gasteiger partial charge in [0.05, 0.1) is 22.6 Å². The van der Waals surface area contributed by atoms with E-state index in [4.69, 9.17) is 11.6 Å². The average molecular weight is 606 g/mol. The lowest BCUT2D eigenvalue weighted by molar-refractivity contribution is -0.137. The molecule has 0 amide bonds. The van der Waals surface area contributed by atoms with Gasteiger partial charge in [0.1, 0.15) is 29.3 Å². The molecule has 0 bridgehead atoms. The number of hydrogen-bond acceptors (Lipinski definition) is 8. The van der Waals surface area contributed by atoms with Crippen molar-refractivity contribution in [3.63, 3.8) is 0 Å². The fourth-order valence-corrected chi connectivity index (χ4v) is 6.38. The summed E-state index contributed by atoms with van der Waals surface area (Å²) in [4.78, 5) is 16.2. The first-order valence-electron chi connectivity index (χ1n) is 12.3. The quantitative estimate of drug-likeness (QED) is 0.347. The molecule has 4 aromatic rings. The van der Waals surface area contributed by atoms with E-state index in [9.17, 15) is 26.9 Å². The van der Waals surface area contributed by atoms with E-state index in [2.05, 4.69) is 25.3 Å². The van der Waals surface area contributed by atoms with Gasteiger partial charge in [-0.1, -0.05) is 24.6 Å². The van der Waals surface area contributed by atoms with E-state index in [1.165, 1.54) is 40.0 Å². The highest BCUT2D eigenvalue weighted by Gasteiger charge is 2.38. The van der Waals surface area contributed by atoms with Gasteiger partial charge in [-0.3, -0.25) is 0 Å². The summed E-state index contributed by atoms with van der Waals surface area (Å²) < 4.78 is 72.0. The molecule has 0 radical (unpaired) electrons. The lowest BCUT2D eigenvalue weighted by Gasteiger charge is -2.36. The van der Waals surface area contributed by atoms with Crippen LogP contribution in [0.1, 0.15) is 24.5 Å². The van der Waals surface area contributed by atoms with Crippen molar-refractivity contribution in [2.24, 2.45) is 13.0 Å². The number of piperidine rings is 1. The number of aromatic nitrogens is 6. The van der Waals surface area contributed by atoms with Gasteiger partial charge in [-0.2, -0.15) is 22.7 Å². The molecule has 0 unspecified atom stereocenters. The maximum atomic E-state index is 13.9. The molecular weight excluding hydrogens is 583 g/mol. The minimum Gasteiger partial charge on any atom is -0.351 e. The van der Waals surface area contributed by atoms with Crippen molar-refractivity contribution in [3.05, 3.63) is 65.6 Å². The van der Waals surface area contributed by atoms with Crippen molar-refractivity contribution >= 4 is 27.6 Å². The van der Waals surface area contributed by atoms with Crippen LogP contribution in [0.4, 0.5) is 19.1 Å². The van der Waals surface area contributed by atoms with E-state index >= 15 is 0 Å². The zero-order chi connectivity index (χ0) is 29.5. The van der Waals surface area contributed by atoms with Gasteiger partial charge in [0, 0.05) is 44.8 Å². The molecule has 1 saturated heterocycles. The highest BCUT2D eigenvalue weighted by atomic mass is 35.5. The number of nitrogens with one attached hydrogen (secondary N) is 1.